The third-order valence-corrected chi connectivity index (χ3v) is 3.78. The number of hydrogen-bond acceptors (Lipinski definition) is 2. The maximum Gasteiger partial charge on any atom is 0.223 e. The quantitative estimate of drug-likeness (QED) is 0.799. The van der Waals surface area contributed by atoms with Crippen molar-refractivity contribution in [2.24, 2.45) is 0 Å². The maximum atomic E-state index is 12.0. The minimum Gasteiger partial charge on any atom is -0.497 e. The summed E-state index contributed by atoms with van der Waals surface area (Å²) in [5.74, 6) is 1.10. The minimum atomic E-state index is 0.238. The summed E-state index contributed by atoms with van der Waals surface area (Å²) in [6, 6.07) is 8.27. The SMILES string of the molecule is COc1ccc(C2CCCN2C(=O)CCBr)cc1. The second-order valence-electron chi connectivity index (χ2n) is 4.46. The zero-order chi connectivity index (χ0) is 13.0. The highest BCUT2D eigenvalue weighted by atomic mass is 79.9. The lowest BCUT2D eigenvalue weighted by Crippen LogP contribution is -2.30. The first-order valence-corrected chi connectivity index (χ1v) is 7.38. The average Bonchev–Trinajstić information content (AvgIpc) is 2.88. The lowest BCUT2D eigenvalue weighted by Gasteiger charge is -2.25. The predicted octanol–water partition coefficient (Wildman–Crippen LogP) is 3.14. The zero-order valence-corrected chi connectivity index (χ0v) is 12.1. The largest absolute Gasteiger partial charge is 0.497 e. The van der Waals surface area contributed by atoms with Gasteiger partial charge < -0.3 is 9.64 Å². The van der Waals surface area contributed by atoms with E-state index in [0.717, 1.165) is 30.5 Å². The van der Waals surface area contributed by atoms with Crippen molar-refractivity contribution in [3.05, 3.63) is 29.8 Å². The molecule has 1 unspecified atom stereocenters. The van der Waals surface area contributed by atoms with Crippen LogP contribution in [0.4, 0.5) is 0 Å². The molecule has 0 spiro atoms. The molecule has 1 atom stereocenters. The molecule has 1 fully saturated rings. The number of ether oxygens (including phenoxy) is 1. The van der Waals surface area contributed by atoms with Gasteiger partial charge in [-0.15, -0.1) is 0 Å². The van der Waals surface area contributed by atoms with E-state index in [9.17, 15) is 4.79 Å². The number of carbonyl (C=O) groups excluding carboxylic acids is 1. The van der Waals surface area contributed by atoms with Gasteiger partial charge in [0.25, 0.3) is 0 Å². The van der Waals surface area contributed by atoms with Crippen molar-refractivity contribution in [2.45, 2.75) is 25.3 Å². The van der Waals surface area contributed by atoms with Crippen LogP contribution in [0.15, 0.2) is 24.3 Å². The van der Waals surface area contributed by atoms with Crippen LogP contribution in [0.5, 0.6) is 5.75 Å². The van der Waals surface area contributed by atoms with Crippen molar-refractivity contribution in [1.82, 2.24) is 4.90 Å². The van der Waals surface area contributed by atoms with Crippen LogP contribution in [0.1, 0.15) is 30.9 Å². The Morgan fingerprint density at radius 2 is 2.17 bits per heavy atom. The molecule has 3 nitrogen and oxygen atoms in total. The fourth-order valence-corrected chi connectivity index (χ4v) is 2.80. The smallest absolute Gasteiger partial charge is 0.223 e. The van der Waals surface area contributed by atoms with E-state index in [2.05, 4.69) is 28.1 Å². The molecule has 1 heterocycles. The molecule has 0 aliphatic carbocycles. The van der Waals surface area contributed by atoms with Crippen molar-refractivity contribution in [3.63, 3.8) is 0 Å². The average molecular weight is 312 g/mol. The third kappa shape index (κ3) is 2.86. The van der Waals surface area contributed by atoms with Gasteiger partial charge >= 0.3 is 0 Å². The van der Waals surface area contributed by atoms with Crippen LogP contribution in [0.3, 0.4) is 0 Å². The standard InChI is InChI=1S/C14H18BrNO2/c1-18-12-6-4-11(5-7-12)13-3-2-10-16(13)14(17)8-9-15/h4-7,13H,2-3,8-10H2,1H3. The maximum absolute atomic E-state index is 12.0. The molecule has 0 aromatic heterocycles. The Balaban J connectivity index is 2.12. The number of carbonyl (C=O) groups is 1. The fourth-order valence-electron chi connectivity index (χ4n) is 2.46. The van der Waals surface area contributed by atoms with Crippen LogP contribution >= 0.6 is 15.9 Å². The number of amides is 1. The Hall–Kier alpha value is -1.03. The molecule has 0 N–H and O–H groups in total. The highest BCUT2D eigenvalue weighted by Gasteiger charge is 2.29. The topological polar surface area (TPSA) is 29.5 Å². The van der Waals surface area contributed by atoms with Crippen molar-refractivity contribution < 1.29 is 9.53 Å². The van der Waals surface area contributed by atoms with Crippen LogP contribution < -0.4 is 4.74 Å². The van der Waals surface area contributed by atoms with E-state index in [-0.39, 0.29) is 11.9 Å². The second kappa shape index (κ2) is 6.23. The Morgan fingerprint density at radius 1 is 1.44 bits per heavy atom. The van der Waals surface area contributed by atoms with Gasteiger partial charge in [0.15, 0.2) is 0 Å². The van der Waals surface area contributed by atoms with Crippen molar-refractivity contribution >= 4 is 21.8 Å². The van der Waals surface area contributed by atoms with E-state index in [1.807, 2.05) is 17.0 Å². The summed E-state index contributed by atoms with van der Waals surface area (Å²) in [5, 5.41) is 0.734. The Labute approximate surface area is 116 Å². The second-order valence-corrected chi connectivity index (χ2v) is 5.25. The first-order valence-electron chi connectivity index (χ1n) is 6.25. The van der Waals surface area contributed by atoms with Gasteiger partial charge in [-0.2, -0.15) is 0 Å². The summed E-state index contributed by atoms with van der Waals surface area (Å²) in [5.41, 5.74) is 1.20. The molecule has 1 aliphatic heterocycles. The van der Waals surface area contributed by atoms with E-state index < -0.39 is 0 Å². The molecule has 2 rings (SSSR count). The van der Waals surface area contributed by atoms with Gasteiger partial charge in [0.05, 0.1) is 13.2 Å². The monoisotopic (exact) mass is 311 g/mol. The lowest BCUT2D eigenvalue weighted by atomic mass is 10.0. The van der Waals surface area contributed by atoms with Gasteiger partial charge in [-0.05, 0) is 30.5 Å². The number of benzene rings is 1. The van der Waals surface area contributed by atoms with Crippen LogP contribution in [0.2, 0.25) is 0 Å². The lowest BCUT2D eigenvalue weighted by molar-refractivity contribution is -0.131. The summed E-state index contributed by atoms with van der Waals surface area (Å²) in [4.78, 5) is 14.0. The molecule has 1 aliphatic rings. The molecule has 4 heteroatoms. The van der Waals surface area contributed by atoms with Gasteiger partial charge in [-0.3, -0.25) is 4.79 Å². The normalized spacial score (nSPS) is 19.0. The first kappa shape index (κ1) is 13.4. The molecule has 18 heavy (non-hydrogen) atoms. The van der Waals surface area contributed by atoms with Crippen molar-refractivity contribution in [1.29, 1.82) is 0 Å². The van der Waals surface area contributed by atoms with E-state index >= 15 is 0 Å². The van der Waals surface area contributed by atoms with Crippen molar-refractivity contribution in [3.8, 4) is 5.75 Å². The van der Waals surface area contributed by atoms with E-state index in [4.69, 9.17) is 4.74 Å². The predicted molar refractivity (Wildman–Crippen MR) is 75.1 cm³/mol. The molecule has 0 saturated carbocycles. The van der Waals surface area contributed by atoms with Crippen LogP contribution in [-0.2, 0) is 4.79 Å². The number of halogens is 1. The molecular weight excluding hydrogens is 294 g/mol. The number of rotatable bonds is 4. The first-order chi connectivity index (χ1) is 8.76. The summed E-state index contributed by atoms with van der Waals surface area (Å²) in [7, 11) is 1.66. The number of nitrogens with zero attached hydrogens (tertiary/aromatic N) is 1. The minimum absolute atomic E-state index is 0.238. The Kier molecular flexibility index (Phi) is 4.64. The molecule has 0 bridgehead atoms. The number of alkyl halides is 1. The molecule has 1 amide bonds. The summed E-state index contributed by atoms with van der Waals surface area (Å²) < 4.78 is 5.16. The number of methoxy groups -OCH3 is 1. The fraction of sp³-hybridized carbons (Fsp3) is 0.500. The van der Waals surface area contributed by atoms with Crippen LogP contribution in [0.25, 0.3) is 0 Å². The Morgan fingerprint density at radius 3 is 2.78 bits per heavy atom. The Bertz CT molecular complexity index is 405. The van der Waals surface area contributed by atoms with Crippen molar-refractivity contribution in [2.75, 3.05) is 19.0 Å². The van der Waals surface area contributed by atoms with E-state index in [1.165, 1.54) is 5.56 Å². The summed E-state index contributed by atoms with van der Waals surface area (Å²) in [6.07, 6.45) is 2.72. The molecule has 1 aromatic carbocycles. The number of hydrogen-bond donors (Lipinski definition) is 0. The third-order valence-electron chi connectivity index (χ3n) is 3.38. The van der Waals surface area contributed by atoms with Gasteiger partial charge in [-0.25, -0.2) is 0 Å². The molecule has 98 valence electrons. The van der Waals surface area contributed by atoms with Gasteiger partial charge in [0, 0.05) is 18.3 Å². The van der Waals surface area contributed by atoms with Gasteiger partial charge in [0.1, 0.15) is 5.75 Å². The van der Waals surface area contributed by atoms with Gasteiger partial charge in [-0.1, -0.05) is 28.1 Å². The summed E-state index contributed by atoms with van der Waals surface area (Å²) in [6.45, 7) is 0.878. The zero-order valence-electron chi connectivity index (χ0n) is 10.6. The van der Waals surface area contributed by atoms with Crippen LogP contribution in [0, 0.1) is 0 Å². The molecule has 1 saturated heterocycles. The molecule has 0 radical (unpaired) electrons. The molecule has 1 aromatic rings. The highest BCUT2D eigenvalue weighted by molar-refractivity contribution is 9.09. The number of likely N-dealkylation sites (tertiary alicyclic amines) is 1. The van der Waals surface area contributed by atoms with E-state index in [1.54, 1.807) is 7.11 Å². The van der Waals surface area contributed by atoms with Crippen LogP contribution in [-0.4, -0.2) is 29.8 Å². The summed E-state index contributed by atoms with van der Waals surface area (Å²) >= 11 is 3.33. The van der Waals surface area contributed by atoms with Gasteiger partial charge in [0.2, 0.25) is 5.91 Å². The molecular formula is C14H18BrNO2. The highest BCUT2D eigenvalue weighted by Crippen LogP contribution is 2.33. The van der Waals surface area contributed by atoms with E-state index in [0.29, 0.717) is 6.42 Å².